The van der Waals surface area contributed by atoms with Crippen LogP contribution in [0.4, 0.5) is 15.9 Å². The van der Waals surface area contributed by atoms with Gasteiger partial charge in [0.05, 0.1) is 5.39 Å². The topological polar surface area (TPSA) is 58.1 Å². The highest BCUT2D eigenvalue weighted by Crippen LogP contribution is 2.35. The second kappa shape index (κ2) is 7.23. The molecule has 4 rings (SSSR count). The number of aryl methyl sites for hydroxylation is 2. The molecule has 0 aliphatic carbocycles. The molecule has 27 heavy (non-hydrogen) atoms. The molecule has 3 heterocycles. The highest BCUT2D eigenvalue weighted by atomic mass is 32.1. The van der Waals surface area contributed by atoms with Gasteiger partial charge in [-0.05, 0) is 50.5 Å². The van der Waals surface area contributed by atoms with Crippen LogP contribution < -0.4 is 10.2 Å². The molecule has 0 radical (unpaired) electrons. The van der Waals surface area contributed by atoms with Crippen molar-refractivity contribution >= 4 is 39.0 Å². The molecule has 0 unspecified atom stereocenters. The Morgan fingerprint density at radius 2 is 2.04 bits per heavy atom. The SMILES string of the molecule is Cc1sc2ncnc(N3CCC(C(=O)Nc4cccc(F)c4)CC3)c2c1C. The summed E-state index contributed by atoms with van der Waals surface area (Å²) in [7, 11) is 0. The van der Waals surface area contributed by atoms with Crippen molar-refractivity contribution in [3.8, 4) is 0 Å². The van der Waals surface area contributed by atoms with Crippen molar-refractivity contribution in [2.24, 2.45) is 5.92 Å². The highest BCUT2D eigenvalue weighted by molar-refractivity contribution is 7.18. The number of piperidine rings is 1. The maximum atomic E-state index is 13.3. The molecule has 1 fully saturated rings. The van der Waals surface area contributed by atoms with Crippen LogP contribution in [0.2, 0.25) is 0 Å². The van der Waals surface area contributed by atoms with Crippen molar-refractivity contribution in [2.45, 2.75) is 26.7 Å². The Labute approximate surface area is 161 Å². The minimum absolute atomic E-state index is 0.0457. The fourth-order valence-corrected chi connectivity index (χ4v) is 4.56. The molecule has 5 nitrogen and oxygen atoms in total. The monoisotopic (exact) mass is 384 g/mol. The Balaban J connectivity index is 1.46. The lowest BCUT2D eigenvalue weighted by molar-refractivity contribution is -0.120. The van der Waals surface area contributed by atoms with Gasteiger partial charge in [0, 0.05) is 29.6 Å². The minimum atomic E-state index is -0.350. The van der Waals surface area contributed by atoms with E-state index in [0.29, 0.717) is 5.69 Å². The molecular formula is C20H21FN4OS. The third kappa shape index (κ3) is 3.51. The largest absolute Gasteiger partial charge is 0.356 e. The van der Waals surface area contributed by atoms with E-state index >= 15 is 0 Å². The van der Waals surface area contributed by atoms with Gasteiger partial charge in [-0.3, -0.25) is 4.79 Å². The van der Waals surface area contributed by atoms with Gasteiger partial charge in [-0.15, -0.1) is 11.3 Å². The van der Waals surface area contributed by atoms with Crippen molar-refractivity contribution in [2.75, 3.05) is 23.3 Å². The third-order valence-electron chi connectivity index (χ3n) is 5.20. The van der Waals surface area contributed by atoms with E-state index in [0.717, 1.165) is 42.0 Å². The zero-order valence-corrected chi connectivity index (χ0v) is 16.1. The molecule has 1 aromatic carbocycles. The van der Waals surface area contributed by atoms with Gasteiger partial charge in [0.1, 0.15) is 22.8 Å². The number of aromatic nitrogens is 2. The number of halogens is 1. The first kappa shape index (κ1) is 17.9. The summed E-state index contributed by atoms with van der Waals surface area (Å²) in [5, 5.41) is 3.96. The number of hydrogen-bond acceptors (Lipinski definition) is 5. The van der Waals surface area contributed by atoms with E-state index in [9.17, 15) is 9.18 Å². The second-order valence-electron chi connectivity index (χ2n) is 6.92. The van der Waals surface area contributed by atoms with Crippen LogP contribution in [0.5, 0.6) is 0 Å². The van der Waals surface area contributed by atoms with Crippen LogP contribution in [-0.4, -0.2) is 29.0 Å². The van der Waals surface area contributed by atoms with E-state index in [2.05, 4.69) is 34.0 Å². The average Bonchev–Trinajstić information content (AvgIpc) is 2.96. The van der Waals surface area contributed by atoms with Gasteiger partial charge in [-0.25, -0.2) is 14.4 Å². The number of anilines is 2. The van der Waals surface area contributed by atoms with Crippen molar-refractivity contribution in [1.29, 1.82) is 0 Å². The van der Waals surface area contributed by atoms with Crippen molar-refractivity contribution in [1.82, 2.24) is 9.97 Å². The van der Waals surface area contributed by atoms with E-state index in [1.165, 1.54) is 22.6 Å². The first-order valence-electron chi connectivity index (χ1n) is 9.05. The van der Waals surface area contributed by atoms with Crippen LogP contribution in [0.15, 0.2) is 30.6 Å². The Morgan fingerprint density at radius 1 is 1.26 bits per heavy atom. The van der Waals surface area contributed by atoms with Gasteiger partial charge < -0.3 is 10.2 Å². The van der Waals surface area contributed by atoms with Crippen LogP contribution in [0.25, 0.3) is 10.2 Å². The normalized spacial score (nSPS) is 15.3. The maximum Gasteiger partial charge on any atom is 0.227 e. The molecule has 1 amide bonds. The average molecular weight is 384 g/mol. The summed E-state index contributed by atoms with van der Waals surface area (Å²) in [5.41, 5.74) is 1.74. The minimum Gasteiger partial charge on any atom is -0.356 e. The molecule has 0 bridgehead atoms. The summed E-state index contributed by atoms with van der Waals surface area (Å²) < 4.78 is 13.3. The quantitative estimate of drug-likeness (QED) is 0.731. The molecule has 1 aliphatic heterocycles. The Bertz CT molecular complexity index is 995. The first-order chi connectivity index (χ1) is 13.0. The lowest BCUT2D eigenvalue weighted by atomic mass is 9.95. The maximum absolute atomic E-state index is 13.3. The lowest BCUT2D eigenvalue weighted by Gasteiger charge is -2.32. The van der Waals surface area contributed by atoms with Crippen LogP contribution in [0.1, 0.15) is 23.3 Å². The Hall–Kier alpha value is -2.54. The van der Waals surface area contributed by atoms with E-state index in [1.807, 2.05) is 0 Å². The number of nitrogens with one attached hydrogen (secondary N) is 1. The number of carbonyl (C=O) groups is 1. The number of benzene rings is 1. The summed E-state index contributed by atoms with van der Waals surface area (Å²) in [6.07, 6.45) is 3.11. The van der Waals surface area contributed by atoms with Gasteiger partial charge in [0.2, 0.25) is 5.91 Å². The van der Waals surface area contributed by atoms with Crippen molar-refractivity contribution < 1.29 is 9.18 Å². The summed E-state index contributed by atoms with van der Waals surface area (Å²) >= 11 is 1.69. The number of hydrogen-bond donors (Lipinski definition) is 1. The number of fused-ring (bicyclic) bond motifs is 1. The van der Waals surface area contributed by atoms with E-state index < -0.39 is 0 Å². The number of thiophene rings is 1. The molecule has 0 saturated carbocycles. The van der Waals surface area contributed by atoms with Gasteiger partial charge in [-0.2, -0.15) is 0 Å². The Morgan fingerprint density at radius 3 is 2.78 bits per heavy atom. The van der Waals surface area contributed by atoms with E-state index in [1.54, 1.807) is 29.8 Å². The van der Waals surface area contributed by atoms with Gasteiger partial charge in [-0.1, -0.05) is 6.07 Å². The van der Waals surface area contributed by atoms with Crippen LogP contribution in [0, 0.1) is 25.6 Å². The van der Waals surface area contributed by atoms with Crippen molar-refractivity contribution in [3.05, 3.63) is 46.9 Å². The summed E-state index contributed by atoms with van der Waals surface area (Å²) in [6, 6.07) is 6.01. The number of rotatable bonds is 3. The summed E-state index contributed by atoms with van der Waals surface area (Å²) in [4.78, 5) is 26.0. The molecule has 7 heteroatoms. The molecule has 2 aromatic heterocycles. The molecule has 0 atom stereocenters. The van der Waals surface area contributed by atoms with E-state index in [-0.39, 0.29) is 17.6 Å². The molecule has 140 valence electrons. The zero-order valence-electron chi connectivity index (χ0n) is 15.3. The molecule has 1 N–H and O–H groups in total. The smallest absolute Gasteiger partial charge is 0.227 e. The number of nitrogens with zero attached hydrogens (tertiary/aromatic N) is 3. The van der Waals surface area contributed by atoms with Crippen LogP contribution in [-0.2, 0) is 4.79 Å². The van der Waals surface area contributed by atoms with Gasteiger partial charge >= 0.3 is 0 Å². The van der Waals surface area contributed by atoms with Crippen LogP contribution in [0.3, 0.4) is 0 Å². The predicted octanol–water partition coefficient (Wildman–Crippen LogP) is 4.30. The number of amides is 1. The van der Waals surface area contributed by atoms with Gasteiger partial charge in [0.25, 0.3) is 0 Å². The standard InChI is InChI=1S/C20H21FN4OS/c1-12-13(2)27-20-17(12)18(22-11-23-20)25-8-6-14(7-9-25)19(26)24-16-5-3-4-15(21)10-16/h3-5,10-11,14H,6-9H2,1-2H3,(H,24,26). The predicted molar refractivity (Wildman–Crippen MR) is 107 cm³/mol. The summed E-state index contributed by atoms with van der Waals surface area (Å²) in [6.45, 7) is 5.75. The lowest BCUT2D eigenvalue weighted by Crippen LogP contribution is -2.38. The fraction of sp³-hybridized carbons (Fsp3) is 0.350. The third-order valence-corrected chi connectivity index (χ3v) is 6.32. The number of carbonyl (C=O) groups excluding carboxylic acids is 1. The first-order valence-corrected chi connectivity index (χ1v) is 9.86. The molecule has 0 spiro atoms. The second-order valence-corrected chi connectivity index (χ2v) is 8.12. The zero-order chi connectivity index (χ0) is 19.0. The summed E-state index contributed by atoms with van der Waals surface area (Å²) in [5.74, 6) is 0.491. The molecule has 1 saturated heterocycles. The van der Waals surface area contributed by atoms with E-state index in [4.69, 9.17) is 0 Å². The highest BCUT2D eigenvalue weighted by Gasteiger charge is 2.27. The van der Waals surface area contributed by atoms with Gasteiger partial charge in [0.15, 0.2) is 0 Å². The molecule has 3 aromatic rings. The molecule has 1 aliphatic rings. The van der Waals surface area contributed by atoms with Crippen LogP contribution >= 0.6 is 11.3 Å². The Kier molecular flexibility index (Phi) is 4.78. The van der Waals surface area contributed by atoms with Crippen molar-refractivity contribution in [3.63, 3.8) is 0 Å². The molecular weight excluding hydrogens is 363 g/mol. The fourth-order valence-electron chi connectivity index (χ4n) is 3.57.